The Morgan fingerprint density at radius 3 is 2.24 bits per heavy atom. The SMILES string of the molecule is CC(=O)OC1C(C)=CC=C(C)C1(C)OC(C)=O. The van der Waals surface area contributed by atoms with Crippen molar-refractivity contribution >= 4 is 11.9 Å². The lowest BCUT2D eigenvalue weighted by Gasteiger charge is -2.39. The maximum atomic E-state index is 11.2. The van der Waals surface area contributed by atoms with Gasteiger partial charge in [-0.05, 0) is 31.9 Å². The number of ether oxygens (including phenoxy) is 2. The van der Waals surface area contributed by atoms with Crippen LogP contribution in [0.3, 0.4) is 0 Å². The summed E-state index contributed by atoms with van der Waals surface area (Å²) in [6.45, 7) is 8.14. The van der Waals surface area contributed by atoms with Gasteiger partial charge in [0.1, 0.15) is 0 Å². The second-order valence-electron chi connectivity index (χ2n) is 4.45. The van der Waals surface area contributed by atoms with Crippen molar-refractivity contribution in [2.24, 2.45) is 0 Å². The molecule has 0 radical (unpaired) electrons. The second kappa shape index (κ2) is 4.73. The molecule has 17 heavy (non-hydrogen) atoms. The molecule has 1 rings (SSSR count). The number of hydrogen-bond acceptors (Lipinski definition) is 4. The van der Waals surface area contributed by atoms with Gasteiger partial charge in [-0.1, -0.05) is 12.2 Å². The van der Waals surface area contributed by atoms with Crippen LogP contribution < -0.4 is 0 Å². The minimum absolute atomic E-state index is 0.393. The Morgan fingerprint density at radius 2 is 1.76 bits per heavy atom. The molecule has 0 bridgehead atoms. The Kier molecular flexibility index (Phi) is 3.76. The van der Waals surface area contributed by atoms with Gasteiger partial charge in [-0.2, -0.15) is 0 Å². The van der Waals surface area contributed by atoms with E-state index in [0.717, 1.165) is 11.1 Å². The molecular formula is C13H18O4. The first-order valence-corrected chi connectivity index (χ1v) is 5.49. The molecule has 94 valence electrons. The largest absolute Gasteiger partial charge is 0.453 e. The minimum atomic E-state index is -0.920. The molecule has 0 aliphatic heterocycles. The van der Waals surface area contributed by atoms with E-state index in [4.69, 9.17) is 9.47 Å². The molecule has 0 spiro atoms. The van der Waals surface area contributed by atoms with Crippen LogP contribution in [0.2, 0.25) is 0 Å². The highest BCUT2D eigenvalue weighted by molar-refractivity contribution is 5.69. The summed E-state index contributed by atoms with van der Waals surface area (Å²) in [5.74, 6) is -0.789. The fourth-order valence-electron chi connectivity index (χ4n) is 1.95. The molecule has 1 aliphatic carbocycles. The van der Waals surface area contributed by atoms with Crippen LogP contribution in [0.25, 0.3) is 0 Å². The number of carbonyl (C=O) groups is 2. The summed E-state index contributed by atoms with van der Waals surface area (Å²) in [6.07, 6.45) is 3.18. The molecule has 4 nitrogen and oxygen atoms in total. The van der Waals surface area contributed by atoms with Crippen molar-refractivity contribution in [2.45, 2.75) is 46.3 Å². The maximum absolute atomic E-state index is 11.2. The van der Waals surface area contributed by atoms with Crippen molar-refractivity contribution in [1.82, 2.24) is 0 Å². The van der Waals surface area contributed by atoms with E-state index in [1.165, 1.54) is 13.8 Å². The van der Waals surface area contributed by atoms with Gasteiger partial charge in [-0.25, -0.2) is 0 Å². The van der Waals surface area contributed by atoms with Crippen LogP contribution >= 0.6 is 0 Å². The van der Waals surface area contributed by atoms with E-state index in [9.17, 15) is 9.59 Å². The average Bonchev–Trinajstić information content (AvgIpc) is 2.18. The zero-order valence-corrected chi connectivity index (χ0v) is 10.9. The van der Waals surface area contributed by atoms with Gasteiger partial charge in [0.15, 0.2) is 11.7 Å². The molecule has 0 aromatic rings. The second-order valence-corrected chi connectivity index (χ2v) is 4.45. The average molecular weight is 238 g/mol. The van der Waals surface area contributed by atoms with Gasteiger partial charge in [0, 0.05) is 13.8 Å². The monoisotopic (exact) mass is 238 g/mol. The van der Waals surface area contributed by atoms with Crippen molar-refractivity contribution in [3.63, 3.8) is 0 Å². The van der Waals surface area contributed by atoms with Gasteiger partial charge in [-0.15, -0.1) is 0 Å². The summed E-state index contributed by atoms with van der Waals surface area (Å²) >= 11 is 0. The topological polar surface area (TPSA) is 52.6 Å². The number of rotatable bonds is 2. The Bertz CT molecular complexity index is 406. The van der Waals surface area contributed by atoms with Gasteiger partial charge in [0.25, 0.3) is 0 Å². The van der Waals surface area contributed by atoms with Crippen molar-refractivity contribution in [3.8, 4) is 0 Å². The zero-order chi connectivity index (χ0) is 13.2. The lowest BCUT2D eigenvalue weighted by molar-refractivity contribution is -0.171. The van der Waals surface area contributed by atoms with Gasteiger partial charge in [0.2, 0.25) is 0 Å². The fraction of sp³-hybridized carbons (Fsp3) is 0.538. The highest BCUT2D eigenvalue weighted by Crippen LogP contribution is 2.35. The van der Waals surface area contributed by atoms with Crippen LogP contribution in [0, 0.1) is 0 Å². The fourth-order valence-corrected chi connectivity index (χ4v) is 1.95. The van der Waals surface area contributed by atoms with Crippen LogP contribution in [0.1, 0.15) is 34.6 Å². The number of carbonyl (C=O) groups excluding carboxylic acids is 2. The van der Waals surface area contributed by atoms with E-state index in [1.807, 2.05) is 26.0 Å². The quantitative estimate of drug-likeness (QED) is 0.692. The molecule has 0 N–H and O–H groups in total. The molecule has 2 atom stereocenters. The van der Waals surface area contributed by atoms with E-state index < -0.39 is 23.6 Å². The van der Waals surface area contributed by atoms with Gasteiger partial charge < -0.3 is 9.47 Å². The van der Waals surface area contributed by atoms with Crippen LogP contribution in [-0.2, 0) is 19.1 Å². The van der Waals surface area contributed by atoms with Crippen molar-refractivity contribution in [1.29, 1.82) is 0 Å². The standard InChI is InChI=1S/C13H18O4/c1-8-6-7-9(2)13(5,17-11(4)15)12(8)16-10(3)14/h6-7,12H,1-5H3. The molecule has 0 aromatic heterocycles. The molecule has 0 saturated carbocycles. The lowest BCUT2D eigenvalue weighted by atomic mass is 9.82. The number of hydrogen-bond donors (Lipinski definition) is 0. The van der Waals surface area contributed by atoms with Crippen molar-refractivity contribution in [3.05, 3.63) is 23.3 Å². The molecule has 4 heteroatoms. The number of allylic oxidation sites excluding steroid dienone is 2. The summed E-state index contributed by atoms with van der Waals surface area (Å²) in [7, 11) is 0. The van der Waals surface area contributed by atoms with Gasteiger partial charge in [0.05, 0.1) is 0 Å². The molecule has 2 unspecified atom stereocenters. The summed E-state index contributed by atoms with van der Waals surface area (Å²) in [5.41, 5.74) is 0.787. The summed E-state index contributed by atoms with van der Waals surface area (Å²) < 4.78 is 10.6. The Hall–Kier alpha value is -1.58. The third kappa shape index (κ3) is 2.75. The van der Waals surface area contributed by atoms with Crippen molar-refractivity contribution < 1.29 is 19.1 Å². The van der Waals surface area contributed by atoms with Crippen LogP contribution in [0.5, 0.6) is 0 Å². The zero-order valence-electron chi connectivity index (χ0n) is 10.9. The first-order valence-electron chi connectivity index (χ1n) is 5.49. The van der Waals surface area contributed by atoms with E-state index in [1.54, 1.807) is 6.92 Å². The first-order chi connectivity index (χ1) is 7.77. The highest BCUT2D eigenvalue weighted by Gasteiger charge is 2.44. The maximum Gasteiger partial charge on any atom is 0.303 e. The summed E-state index contributed by atoms with van der Waals surface area (Å²) in [4.78, 5) is 22.3. The normalized spacial score (nSPS) is 27.9. The predicted octanol–water partition coefficient (Wildman–Crippen LogP) is 2.15. The van der Waals surface area contributed by atoms with E-state index in [2.05, 4.69) is 0 Å². The molecule has 0 heterocycles. The lowest BCUT2D eigenvalue weighted by Crippen LogP contribution is -2.48. The molecule has 1 aliphatic rings. The minimum Gasteiger partial charge on any atom is -0.453 e. The summed E-state index contributed by atoms with van der Waals surface area (Å²) in [6, 6.07) is 0. The van der Waals surface area contributed by atoms with E-state index >= 15 is 0 Å². The van der Waals surface area contributed by atoms with E-state index in [0.29, 0.717) is 0 Å². The predicted molar refractivity (Wildman–Crippen MR) is 63.2 cm³/mol. The molecular weight excluding hydrogens is 220 g/mol. The van der Waals surface area contributed by atoms with Crippen LogP contribution in [0.15, 0.2) is 23.3 Å². The van der Waals surface area contributed by atoms with Gasteiger partial charge >= 0.3 is 11.9 Å². The van der Waals surface area contributed by atoms with Crippen molar-refractivity contribution in [2.75, 3.05) is 0 Å². The Labute approximate surface area is 101 Å². The first kappa shape index (κ1) is 13.5. The smallest absolute Gasteiger partial charge is 0.303 e. The van der Waals surface area contributed by atoms with Gasteiger partial charge in [-0.3, -0.25) is 9.59 Å². The Morgan fingerprint density at radius 1 is 1.18 bits per heavy atom. The Balaban J connectivity index is 3.11. The van der Waals surface area contributed by atoms with Crippen LogP contribution in [0.4, 0.5) is 0 Å². The molecule has 0 aromatic carbocycles. The molecule has 0 saturated heterocycles. The molecule has 0 fully saturated rings. The van der Waals surface area contributed by atoms with E-state index in [-0.39, 0.29) is 0 Å². The molecule has 0 amide bonds. The highest BCUT2D eigenvalue weighted by atomic mass is 16.6. The van der Waals surface area contributed by atoms with Crippen LogP contribution in [-0.4, -0.2) is 23.6 Å². The number of esters is 2. The third-order valence-corrected chi connectivity index (χ3v) is 2.93. The summed E-state index contributed by atoms with van der Waals surface area (Å²) in [5, 5.41) is 0. The third-order valence-electron chi connectivity index (χ3n) is 2.93.